The molecule has 0 aliphatic rings. The van der Waals surface area contributed by atoms with Crippen molar-refractivity contribution in [1.29, 1.82) is 0 Å². The topological polar surface area (TPSA) is 78.9 Å². The first-order valence-corrected chi connectivity index (χ1v) is 34.5. The molecule has 468 valence electrons. The Morgan fingerprint density at radius 1 is 0.256 bits per heavy atom. The van der Waals surface area contributed by atoms with E-state index in [1.807, 2.05) is 0 Å². The summed E-state index contributed by atoms with van der Waals surface area (Å²) in [7, 11) is 0. The summed E-state index contributed by atoms with van der Waals surface area (Å²) in [6.07, 6.45) is 96.3. The van der Waals surface area contributed by atoms with Crippen LogP contribution in [0.3, 0.4) is 0 Å². The van der Waals surface area contributed by atoms with Crippen LogP contribution >= 0.6 is 0 Å². The van der Waals surface area contributed by atoms with E-state index < -0.39 is 6.10 Å². The highest BCUT2D eigenvalue weighted by Gasteiger charge is 2.19. The first-order chi connectivity index (χ1) is 40.5. The molecule has 1 atom stereocenters. The smallest absolute Gasteiger partial charge is 0.306 e. The normalized spacial score (nSPS) is 12.9. The Morgan fingerprint density at radius 2 is 0.476 bits per heavy atom. The van der Waals surface area contributed by atoms with Gasteiger partial charge < -0.3 is 14.2 Å². The standard InChI is InChI=1S/C76H128O6/c1-4-7-10-13-16-19-22-25-28-31-34-36-38-40-42-45-48-51-54-57-60-63-66-69-75(78)81-72-73(71-80-74(77)68-65-62-59-56-53-50-47-44-33-30-27-24-21-18-15-12-9-6-3)82-76(79)70-67-64-61-58-55-52-49-46-43-41-39-37-35-32-29-26-23-20-17-14-11-8-5-2/h7-8,10-11,16-17,19-21,24-26,28-30,33-37,73H,4-6,9,12-15,18,22-23,27,31-32,38-72H2,1-3H3/b10-7-,11-8-,19-16-,20-17-,24-21-,28-25-,29-26-,33-30-,36-34-,37-35-. The molecule has 0 aromatic carbocycles. The third-order valence-corrected chi connectivity index (χ3v) is 14.7. The number of allylic oxidation sites excluding steroid dienone is 20. The highest BCUT2D eigenvalue weighted by Crippen LogP contribution is 2.16. The molecule has 0 heterocycles. The van der Waals surface area contributed by atoms with Gasteiger partial charge in [-0.2, -0.15) is 0 Å². The summed E-state index contributed by atoms with van der Waals surface area (Å²) in [6, 6.07) is 0. The Labute approximate surface area is 507 Å². The number of hydrogen-bond acceptors (Lipinski definition) is 6. The van der Waals surface area contributed by atoms with Crippen LogP contribution in [0.25, 0.3) is 0 Å². The van der Waals surface area contributed by atoms with E-state index >= 15 is 0 Å². The molecule has 6 heteroatoms. The van der Waals surface area contributed by atoms with Crippen LogP contribution in [0.5, 0.6) is 0 Å². The van der Waals surface area contributed by atoms with Crippen molar-refractivity contribution in [2.45, 2.75) is 329 Å². The summed E-state index contributed by atoms with van der Waals surface area (Å²) < 4.78 is 17.0. The van der Waals surface area contributed by atoms with Gasteiger partial charge in [0, 0.05) is 19.3 Å². The molecule has 0 rings (SSSR count). The maximum Gasteiger partial charge on any atom is 0.306 e. The van der Waals surface area contributed by atoms with Crippen molar-refractivity contribution in [3.05, 3.63) is 122 Å². The monoisotopic (exact) mass is 1140 g/mol. The molecule has 0 aromatic rings. The predicted molar refractivity (Wildman–Crippen MR) is 357 cm³/mol. The third kappa shape index (κ3) is 66.6. The SMILES string of the molecule is CC/C=C\C/C=C\C/C=C\C/C=C\CCCCCCCCCCCCC(=O)OCC(COC(=O)CCCCCCCCC/C=C\C/C=C\CCCCCC)OC(=O)CCCCCCCCCCCC/C=C\C/C=C\C/C=C\C/C=C\CC. The van der Waals surface area contributed by atoms with Crippen molar-refractivity contribution in [3.63, 3.8) is 0 Å². The fraction of sp³-hybridized carbons (Fsp3) is 0.697. The van der Waals surface area contributed by atoms with E-state index in [0.717, 1.165) is 122 Å². The first-order valence-electron chi connectivity index (χ1n) is 34.5. The average Bonchev–Trinajstić information content (AvgIpc) is 3.47. The van der Waals surface area contributed by atoms with Gasteiger partial charge in [-0.3, -0.25) is 14.4 Å². The van der Waals surface area contributed by atoms with Crippen LogP contribution < -0.4 is 0 Å². The minimum Gasteiger partial charge on any atom is -0.462 e. The second-order valence-electron chi connectivity index (χ2n) is 22.7. The molecule has 0 aliphatic heterocycles. The van der Waals surface area contributed by atoms with Gasteiger partial charge in [0.05, 0.1) is 0 Å². The van der Waals surface area contributed by atoms with Crippen LogP contribution in [-0.2, 0) is 28.6 Å². The number of unbranched alkanes of at least 4 members (excludes halogenated alkanes) is 31. The van der Waals surface area contributed by atoms with Crippen molar-refractivity contribution in [2.24, 2.45) is 0 Å². The van der Waals surface area contributed by atoms with Gasteiger partial charge >= 0.3 is 17.9 Å². The van der Waals surface area contributed by atoms with E-state index in [0.29, 0.717) is 19.3 Å². The van der Waals surface area contributed by atoms with Gasteiger partial charge in [0.1, 0.15) is 13.2 Å². The molecule has 0 amide bonds. The molecule has 82 heavy (non-hydrogen) atoms. The number of carbonyl (C=O) groups excluding carboxylic acids is 3. The second-order valence-corrected chi connectivity index (χ2v) is 22.7. The van der Waals surface area contributed by atoms with E-state index in [9.17, 15) is 14.4 Å². The van der Waals surface area contributed by atoms with Gasteiger partial charge in [-0.05, 0) is 128 Å². The molecular weight excluding hydrogens is 1010 g/mol. The molecule has 0 saturated heterocycles. The third-order valence-electron chi connectivity index (χ3n) is 14.7. The summed E-state index contributed by atoms with van der Waals surface area (Å²) in [4.78, 5) is 38.5. The Balaban J connectivity index is 4.40. The molecule has 1 unspecified atom stereocenters. The molecule has 0 saturated carbocycles. The Hall–Kier alpha value is -4.19. The molecule has 0 spiro atoms. The Kier molecular flexibility index (Phi) is 65.8. The summed E-state index contributed by atoms with van der Waals surface area (Å²) in [5.74, 6) is -0.891. The summed E-state index contributed by atoms with van der Waals surface area (Å²) >= 11 is 0. The molecule has 0 bridgehead atoms. The van der Waals surface area contributed by atoms with Crippen LogP contribution in [0.15, 0.2) is 122 Å². The van der Waals surface area contributed by atoms with Crippen molar-refractivity contribution in [3.8, 4) is 0 Å². The lowest BCUT2D eigenvalue weighted by Gasteiger charge is -2.18. The molecule has 0 fully saturated rings. The van der Waals surface area contributed by atoms with Crippen LogP contribution in [0.4, 0.5) is 0 Å². The van der Waals surface area contributed by atoms with Crippen molar-refractivity contribution in [2.75, 3.05) is 13.2 Å². The fourth-order valence-corrected chi connectivity index (χ4v) is 9.57. The summed E-state index contributed by atoms with van der Waals surface area (Å²) in [6.45, 7) is 6.42. The second kappa shape index (κ2) is 69.3. The highest BCUT2D eigenvalue weighted by molar-refractivity contribution is 5.71. The van der Waals surface area contributed by atoms with Crippen LogP contribution in [0.1, 0.15) is 323 Å². The van der Waals surface area contributed by atoms with E-state index in [4.69, 9.17) is 14.2 Å². The first kappa shape index (κ1) is 77.8. The predicted octanol–water partition coefficient (Wildman–Crippen LogP) is 23.9. The zero-order chi connectivity index (χ0) is 59.2. The lowest BCUT2D eigenvalue weighted by molar-refractivity contribution is -0.167. The minimum absolute atomic E-state index is 0.0856. The number of esters is 3. The lowest BCUT2D eigenvalue weighted by atomic mass is 10.0. The average molecular weight is 1140 g/mol. The summed E-state index contributed by atoms with van der Waals surface area (Å²) in [5, 5.41) is 0. The molecule has 0 aromatic heterocycles. The maximum atomic E-state index is 13.0. The fourth-order valence-electron chi connectivity index (χ4n) is 9.57. The van der Waals surface area contributed by atoms with Gasteiger partial charge in [-0.25, -0.2) is 0 Å². The highest BCUT2D eigenvalue weighted by atomic mass is 16.6. The lowest BCUT2D eigenvalue weighted by Crippen LogP contribution is -2.30. The van der Waals surface area contributed by atoms with Crippen LogP contribution in [0, 0.1) is 0 Å². The molecule has 0 N–H and O–H groups in total. The van der Waals surface area contributed by atoms with Crippen LogP contribution in [0.2, 0.25) is 0 Å². The minimum atomic E-state index is -0.791. The Bertz CT molecular complexity index is 1690. The largest absolute Gasteiger partial charge is 0.462 e. The van der Waals surface area contributed by atoms with Crippen molar-refractivity contribution >= 4 is 17.9 Å². The summed E-state index contributed by atoms with van der Waals surface area (Å²) in [5.41, 5.74) is 0. The molecule has 0 radical (unpaired) electrons. The van der Waals surface area contributed by atoms with Gasteiger partial charge in [0.25, 0.3) is 0 Å². The van der Waals surface area contributed by atoms with Gasteiger partial charge in [-0.15, -0.1) is 0 Å². The van der Waals surface area contributed by atoms with Gasteiger partial charge in [0.15, 0.2) is 6.10 Å². The van der Waals surface area contributed by atoms with Crippen molar-refractivity contribution < 1.29 is 28.6 Å². The zero-order valence-electron chi connectivity index (χ0n) is 53.7. The van der Waals surface area contributed by atoms with E-state index in [-0.39, 0.29) is 31.1 Å². The number of carbonyl (C=O) groups is 3. The number of ether oxygens (including phenoxy) is 3. The Morgan fingerprint density at radius 3 is 0.744 bits per heavy atom. The van der Waals surface area contributed by atoms with Gasteiger partial charge in [0.2, 0.25) is 0 Å². The number of rotatable bonds is 62. The van der Waals surface area contributed by atoms with E-state index in [1.54, 1.807) is 0 Å². The molecule has 6 nitrogen and oxygen atoms in total. The maximum absolute atomic E-state index is 13.0. The molecule has 0 aliphatic carbocycles. The van der Waals surface area contributed by atoms with Crippen molar-refractivity contribution in [1.82, 2.24) is 0 Å². The van der Waals surface area contributed by atoms with Gasteiger partial charge in [-0.1, -0.05) is 296 Å². The van der Waals surface area contributed by atoms with E-state index in [2.05, 4.69) is 142 Å². The van der Waals surface area contributed by atoms with E-state index in [1.165, 1.54) is 161 Å². The zero-order valence-corrected chi connectivity index (χ0v) is 53.7. The quantitative estimate of drug-likeness (QED) is 0.0261. The van der Waals surface area contributed by atoms with Crippen LogP contribution in [-0.4, -0.2) is 37.2 Å². The number of hydrogen-bond donors (Lipinski definition) is 0. The molecular formula is C76H128O6.